The van der Waals surface area contributed by atoms with Gasteiger partial charge in [-0.3, -0.25) is 0 Å². The van der Waals surface area contributed by atoms with Crippen molar-refractivity contribution >= 4 is 17.5 Å². The SMILES string of the molecule is C1=CC2=CN=c3sccc3=CN2C1. The maximum atomic E-state index is 4.42. The van der Waals surface area contributed by atoms with Crippen molar-refractivity contribution in [2.24, 2.45) is 4.99 Å². The quantitative estimate of drug-likeness (QED) is 0.589. The van der Waals surface area contributed by atoms with Gasteiger partial charge in [-0.25, -0.2) is 4.99 Å². The molecule has 0 spiro atoms. The van der Waals surface area contributed by atoms with Gasteiger partial charge in [0.2, 0.25) is 0 Å². The molecule has 2 nitrogen and oxygen atoms in total. The first-order valence-corrected chi connectivity index (χ1v) is 5.08. The first-order chi connectivity index (χ1) is 6.43. The van der Waals surface area contributed by atoms with E-state index in [1.807, 2.05) is 6.20 Å². The third-order valence-corrected chi connectivity index (χ3v) is 3.04. The van der Waals surface area contributed by atoms with Gasteiger partial charge in [0.1, 0.15) is 4.67 Å². The molecule has 2 aliphatic rings. The molecule has 0 aliphatic carbocycles. The Labute approximate surface area is 79.8 Å². The minimum Gasteiger partial charge on any atom is -0.342 e. The maximum Gasteiger partial charge on any atom is 0.124 e. The third kappa shape index (κ3) is 1.04. The molecule has 3 heteroatoms. The molecule has 0 atom stereocenters. The molecule has 1 aromatic heterocycles. The van der Waals surface area contributed by atoms with Gasteiger partial charge in [0, 0.05) is 18.0 Å². The lowest BCUT2D eigenvalue weighted by Gasteiger charge is -2.11. The standard InChI is InChI=1S/C10H8N2S/c1-2-9-6-11-10-8(3-5-13-10)7-12(9)4-1/h1-3,5-7H,4H2. The lowest BCUT2D eigenvalue weighted by molar-refractivity contribution is 0.604. The number of allylic oxidation sites excluding steroid dienone is 1. The molecule has 0 saturated heterocycles. The van der Waals surface area contributed by atoms with Crippen LogP contribution < -0.4 is 9.89 Å². The Hall–Kier alpha value is -1.35. The van der Waals surface area contributed by atoms with Crippen LogP contribution in [0.2, 0.25) is 0 Å². The summed E-state index contributed by atoms with van der Waals surface area (Å²) in [5.74, 6) is 0. The van der Waals surface area contributed by atoms with Crippen LogP contribution in [-0.4, -0.2) is 11.4 Å². The van der Waals surface area contributed by atoms with Gasteiger partial charge in [0.05, 0.1) is 11.9 Å². The number of thiophene rings is 1. The monoisotopic (exact) mass is 188 g/mol. The molecule has 1 aromatic rings. The molecule has 64 valence electrons. The summed E-state index contributed by atoms with van der Waals surface area (Å²) in [4.78, 5) is 6.63. The fourth-order valence-electron chi connectivity index (χ4n) is 1.54. The average Bonchev–Trinajstić information content (AvgIpc) is 2.72. The lowest BCUT2D eigenvalue weighted by atomic mass is 10.4. The Kier molecular flexibility index (Phi) is 1.40. The number of nitrogens with zero attached hydrogens (tertiary/aromatic N) is 2. The number of hydrogen-bond donors (Lipinski definition) is 0. The second-order valence-electron chi connectivity index (χ2n) is 3.05. The van der Waals surface area contributed by atoms with Gasteiger partial charge in [0.25, 0.3) is 0 Å². The molecule has 0 N–H and O–H groups in total. The Morgan fingerprint density at radius 3 is 3.46 bits per heavy atom. The summed E-state index contributed by atoms with van der Waals surface area (Å²) in [6, 6.07) is 2.11. The number of rotatable bonds is 0. The van der Waals surface area contributed by atoms with Crippen molar-refractivity contribution in [3.05, 3.63) is 45.4 Å². The van der Waals surface area contributed by atoms with Crippen LogP contribution in [0.5, 0.6) is 0 Å². The van der Waals surface area contributed by atoms with E-state index in [-0.39, 0.29) is 0 Å². The fraction of sp³-hybridized carbons (Fsp3) is 0.100. The average molecular weight is 188 g/mol. The molecule has 0 unspecified atom stereocenters. The summed E-state index contributed by atoms with van der Waals surface area (Å²) in [5.41, 5.74) is 1.18. The molecule has 3 heterocycles. The zero-order chi connectivity index (χ0) is 8.67. The smallest absolute Gasteiger partial charge is 0.124 e. The topological polar surface area (TPSA) is 15.6 Å². The van der Waals surface area contributed by atoms with Crippen LogP contribution >= 0.6 is 11.3 Å². The second kappa shape index (κ2) is 2.57. The van der Waals surface area contributed by atoms with Crippen LogP contribution in [0.4, 0.5) is 0 Å². The molecule has 0 bridgehead atoms. The Morgan fingerprint density at radius 2 is 2.46 bits per heavy atom. The van der Waals surface area contributed by atoms with E-state index < -0.39 is 0 Å². The fourth-order valence-corrected chi connectivity index (χ4v) is 2.25. The highest BCUT2D eigenvalue weighted by molar-refractivity contribution is 7.07. The molecule has 3 rings (SSSR count). The summed E-state index contributed by atoms with van der Waals surface area (Å²) < 4.78 is 1.11. The van der Waals surface area contributed by atoms with Crippen molar-refractivity contribution in [1.29, 1.82) is 0 Å². The minimum atomic E-state index is 0.969. The number of hydrogen-bond acceptors (Lipinski definition) is 3. The van der Waals surface area contributed by atoms with Crippen molar-refractivity contribution in [2.75, 3.05) is 6.54 Å². The molecular weight excluding hydrogens is 180 g/mol. The second-order valence-corrected chi connectivity index (χ2v) is 3.94. The zero-order valence-corrected chi connectivity index (χ0v) is 7.79. The maximum absolute atomic E-state index is 4.42. The summed E-state index contributed by atoms with van der Waals surface area (Å²) in [6.45, 7) is 0.969. The Balaban J connectivity index is 2.29. The van der Waals surface area contributed by atoms with Crippen LogP contribution in [0.15, 0.2) is 40.5 Å². The zero-order valence-electron chi connectivity index (χ0n) is 6.97. The highest BCUT2D eigenvalue weighted by atomic mass is 32.1. The van der Waals surface area contributed by atoms with Crippen molar-refractivity contribution in [2.45, 2.75) is 0 Å². The van der Waals surface area contributed by atoms with E-state index in [9.17, 15) is 0 Å². The third-order valence-electron chi connectivity index (χ3n) is 2.21. The molecular formula is C10H8N2S. The minimum absolute atomic E-state index is 0.969. The van der Waals surface area contributed by atoms with Gasteiger partial charge >= 0.3 is 0 Å². The first-order valence-electron chi connectivity index (χ1n) is 4.20. The number of fused-ring (bicyclic) bond motifs is 2. The largest absolute Gasteiger partial charge is 0.342 e. The van der Waals surface area contributed by atoms with Crippen molar-refractivity contribution in [3.8, 4) is 0 Å². The highest BCUT2D eigenvalue weighted by Crippen LogP contribution is 2.14. The van der Waals surface area contributed by atoms with Gasteiger partial charge in [-0.05, 0) is 17.5 Å². The van der Waals surface area contributed by atoms with Crippen LogP contribution in [0.1, 0.15) is 0 Å². The first kappa shape index (κ1) is 7.09. The van der Waals surface area contributed by atoms with Crippen LogP contribution in [0.25, 0.3) is 6.20 Å². The van der Waals surface area contributed by atoms with E-state index >= 15 is 0 Å². The van der Waals surface area contributed by atoms with Crippen molar-refractivity contribution in [3.63, 3.8) is 0 Å². The lowest BCUT2D eigenvalue weighted by Crippen LogP contribution is -2.21. The highest BCUT2D eigenvalue weighted by Gasteiger charge is 2.09. The molecule has 0 amide bonds. The van der Waals surface area contributed by atoms with E-state index in [0.29, 0.717) is 0 Å². The molecule has 0 radical (unpaired) electrons. The molecule has 0 saturated carbocycles. The van der Waals surface area contributed by atoms with E-state index in [4.69, 9.17) is 0 Å². The van der Waals surface area contributed by atoms with Gasteiger partial charge in [-0.1, -0.05) is 6.08 Å². The van der Waals surface area contributed by atoms with E-state index in [2.05, 4.69) is 39.7 Å². The molecule has 13 heavy (non-hydrogen) atoms. The molecule has 2 aliphatic heterocycles. The van der Waals surface area contributed by atoms with Crippen LogP contribution in [0, 0.1) is 0 Å². The Morgan fingerprint density at radius 1 is 1.46 bits per heavy atom. The van der Waals surface area contributed by atoms with E-state index in [1.165, 1.54) is 10.9 Å². The molecule has 0 fully saturated rings. The Bertz CT molecular complexity index is 507. The van der Waals surface area contributed by atoms with Gasteiger partial charge in [0.15, 0.2) is 0 Å². The van der Waals surface area contributed by atoms with E-state index in [0.717, 1.165) is 11.2 Å². The van der Waals surface area contributed by atoms with Gasteiger partial charge in [-0.15, -0.1) is 11.3 Å². The van der Waals surface area contributed by atoms with Gasteiger partial charge < -0.3 is 4.90 Å². The summed E-state index contributed by atoms with van der Waals surface area (Å²) in [6.07, 6.45) is 8.35. The van der Waals surface area contributed by atoms with Crippen molar-refractivity contribution < 1.29 is 0 Å². The van der Waals surface area contributed by atoms with Gasteiger partial charge in [-0.2, -0.15) is 0 Å². The van der Waals surface area contributed by atoms with Crippen LogP contribution in [0.3, 0.4) is 0 Å². The van der Waals surface area contributed by atoms with Crippen molar-refractivity contribution in [1.82, 2.24) is 4.90 Å². The van der Waals surface area contributed by atoms with Crippen LogP contribution in [-0.2, 0) is 0 Å². The predicted octanol–water partition coefficient (Wildman–Crippen LogP) is 0.833. The summed E-state index contributed by atoms with van der Waals surface area (Å²) in [5, 5.41) is 3.30. The van der Waals surface area contributed by atoms with E-state index in [1.54, 1.807) is 11.3 Å². The molecule has 0 aromatic carbocycles. The summed E-state index contributed by atoms with van der Waals surface area (Å²) >= 11 is 1.68. The summed E-state index contributed by atoms with van der Waals surface area (Å²) in [7, 11) is 0. The predicted molar refractivity (Wildman–Crippen MR) is 53.5 cm³/mol. The normalized spacial score (nSPS) is 18.2.